The molecule has 0 heterocycles. The Labute approximate surface area is 102 Å². The zero-order valence-electron chi connectivity index (χ0n) is 11.0. The van der Waals surface area contributed by atoms with Crippen LogP contribution in [0.1, 0.15) is 34.6 Å². The third kappa shape index (κ3) is 3.19. The molecule has 0 saturated carbocycles. The molecule has 0 aliphatic heterocycles. The average molecular weight is 236 g/mol. The normalized spacial score (nSPS) is 16.8. The number of rotatable bonds is 4. The smallest absolute Gasteiger partial charge is 0.206 e. The summed E-state index contributed by atoms with van der Waals surface area (Å²) in [5, 5.41) is 6.02. The monoisotopic (exact) mass is 236 g/mol. The summed E-state index contributed by atoms with van der Waals surface area (Å²) in [6.45, 7) is 9.41. The molecular weight excluding hydrogens is 216 g/mol. The maximum Gasteiger partial charge on any atom is 0.206 e. The fraction of sp³-hybridized carbons (Fsp3) is 0.538. The largest absolute Gasteiger partial charge is 0.380 e. The van der Waals surface area contributed by atoms with E-state index in [0.29, 0.717) is 17.0 Å². The van der Waals surface area contributed by atoms with Crippen LogP contribution in [0.3, 0.4) is 0 Å². The second-order valence-electron chi connectivity index (χ2n) is 4.85. The number of allylic oxidation sites excluding steroid dienone is 2. The molecule has 4 heteroatoms. The minimum absolute atomic E-state index is 0.110. The van der Waals surface area contributed by atoms with E-state index in [-0.39, 0.29) is 23.7 Å². The molecule has 0 amide bonds. The van der Waals surface area contributed by atoms with E-state index in [1.165, 1.54) is 6.08 Å². The summed E-state index contributed by atoms with van der Waals surface area (Å²) in [4.78, 5) is 23.9. The Morgan fingerprint density at radius 1 is 1.00 bits per heavy atom. The Morgan fingerprint density at radius 3 is 2.00 bits per heavy atom. The van der Waals surface area contributed by atoms with Gasteiger partial charge in [0.2, 0.25) is 11.6 Å². The highest BCUT2D eigenvalue weighted by molar-refractivity contribution is 6.22. The first-order valence-corrected chi connectivity index (χ1v) is 5.87. The summed E-state index contributed by atoms with van der Waals surface area (Å²) in [6, 6.07) is 0.259. The summed E-state index contributed by atoms with van der Waals surface area (Å²) < 4.78 is 0. The van der Waals surface area contributed by atoms with E-state index in [4.69, 9.17) is 0 Å². The number of hydrogen-bond acceptors (Lipinski definition) is 4. The summed E-state index contributed by atoms with van der Waals surface area (Å²) >= 11 is 0. The van der Waals surface area contributed by atoms with E-state index in [1.54, 1.807) is 6.92 Å². The van der Waals surface area contributed by atoms with Crippen molar-refractivity contribution < 1.29 is 9.59 Å². The van der Waals surface area contributed by atoms with Gasteiger partial charge in [0, 0.05) is 23.7 Å². The highest BCUT2D eigenvalue weighted by Crippen LogP contribution is 2.16. The van der Waals surface area contributed by atoms with Gasteiger partial charge in [0.15, 0.2) is 0 Å². The summed E-state index contributed by atoms with van der Waals surface area (Å²) in [5.41, 5.74) is 1.28. The van der Waals surface area contributed by atoms with Gasteiger partial charge in [-0.3, -0.25) is 9.59 Å². The van der Waals surface area contributed by atoms with Crippen LogP contribution in [0.15, 0.2) is 23.0 Å². The van der Waals surface area contributed by atoms with E-state index in [9.17, 15) is 9.59 Å². The van der Waals surface area contributed by atoms with Gasteiger partial charge in [0.1, 0.15) is 0 Å². The van der Waals surface area contributed by atoms with Crippen molar-refractivity contribution in [1.82, 2.24) is 10.6 Å². The quantitative estimate of drug-likeness (QED) is 0.722. The maximum atomic E-state index is 12.0. The second kappa shape index (κ2) is 5.17. The minimum Gasteiger partial charge on any atom is -0.380 e. The summed E-state index contributed by atoms with van der Waals surface area (Å²) in [5.74, 6) is -0.250. The van der Waals surface area contributed by atoms with Crippen molar-refractivity contribution in [3.8, 4) is 0 Å². The van der Waals surface area contributed by atoms with Crippen LogP contribution in [-0.2, 0) is 9.59 Å². The van der Waals surface area contributed by atoms with E-state index < -0.39 is 0 Å². The number of carbonyl (C=O) groups is 2. The van der Waals surface area contributed by atoms with Gasteiger partial charge in [-0.25, -0.2) is 0 Å². The molecule has 1 aliphatic rings. The van der Waals surface area contributed by atoms with Crippen LogP contribution in [-0.4, -0.2) is 23.7 Å². The van der Waals surface area contributed by atoms with E-state index in [0.717, 1.165) is 0 Å². The van der Waals surface area contributed by atoms with Crippen molar-refractivity contribution in [3.05, 3.63) is 23.0 Å². The SMILES string of the molecule is CC1=C(NC(C)C)C(=O)C=C(NC(C)C)C1=O. The first-order chi connectivity index (χ1) is 7.82. The Balaban J connectivity index is 2.97. The molecule has 0 spiro atoms. The van der Waals surface area contributed by atoms with E-state index >= 15 is 0 Å². The summed E-state index contributed by atoms with van der Waals surface area (Å²) in [6.07, 6.45) is 1.38. The topological polar surface area (TPSA) is 58.2 Å². The van der Waals surface area contributed by atoms with Crippen LogP contribution in [0.2, 0.25) is 0 Å². The number of ketones is 2. The molecule has 0 atom stereocenters. The molecular formula is C13H20N2O2. The number of nitrogens with one attached hydrogen (secondary N) is 2. The lowest BCUT2D eigenvalue weighted by atomic mass is 9.97. The van der Waals surface area contributed by atoms with Gasteiger partial charge >= 0.3 is 0 Å². The molecule has 17 heavy (non-hydrogen) atoms. The predicted molar refractivity (Wildman–Crippen MR) is 67.3 cm³/mol. The minimum atomic E-state index is -0.140. The van der Waals surface area contributed by atoms with Gasteiger partial charge in [-0.15, -0.1) is 0 Å². The fourth-order valence-corrected chi connectivity index (χ4v) is 1.66. The Morgan fingerprint density at radius 2 is 1.53 bits per heavy atom. The van der Waals surface area contributed by atoms with Crippen molar-refractivity contribution in [3.63, 3.8) is 0 Å². The predicted octanol–water partition coefficient (Wildman–Crippen LogP) is 1.29. The zero-order chi connectivity index (χ0) is 13.2. The van der Waals surface area contributed by atoms with Gasteiger partial charge in [0.25, 0.3) is 0 Å². The highest BCUT2D eigenvalue weighted by Gasteiger charge is 2.26. The van der Waals surface area contributed by atoms with Gasteiger partial charge in [-0.1, -0.05) is 0 Å². The lowest BCUT2D eigenvalue weighted by molar-refractivity contribution is -0.116. The first kappa shape index (κ1) is 13.5. The Kier molecular flexibility index (Phi) is 4.10. The van der Waals surface area contributed by atoms with Crippen molar-refractivity contribution in [2.24, 2.45) is 0 Å². The highest BCUT2D eigenvalue weighted by atomic mass is 16.1. The average Bonchev–Trinajstić information content (AvgIpc) is 2.20. The molecule has 94 valence electrons. The van der Waals surface area contributed by atoms with Crippen molar-refractivity contribution in [1.29, 1.82) is 0 Å². The number of hydrogen-bond donors (Lipinski definition) is 2. The van der Waals surface area contributed by atoms with Crippen LogP contribution >= 0.6 is 0 Å². The zero-order valence-corrected chi connectivity index (χ0v) is 11.0. The standard InChI is InChI=1S/C13H20N2O2/c1-7(2)14-10-6-11(16)12(15-8(3)4)9(5)13(10)17/h6-8,14-15H,1-5H3. The lowest BCUT2D eigenvalue weighted by Crippen LogP contribution is -2.36. The second-order valence-corrected chi connectivity index (χ2v) is 4.85. The molecule has 4 nitrogen and oxygen atoms in total. The van der Waals surface area contributed by atoms with E-state index in [2.05, 4.69) is 10.6 Å². The van der Waals surface area contributed by atoms with Gasteiger partial charge in [-0.2, -0.15) is 0 Å². The van der Waals surface area contributed by atoms with Crippen molar-refractivity contribution in [2.45, 2.75) is 46.7 Å². The van der Waals surface area contributed by atoms with Crippen LogP contribution in [0, 0.1) is 0 Å². The third-order valence-corrected chi connectivity index (χ3v) is 2.36. The molecule has 0 unspecified atom stereocenters. The maximum absolute atomic E-state index is 12.0. The van der Waals surface area contributed by atoms with Gasteiger partial charge in [-0.05, 0) is 34.6 Å². The molecule has 0 aromatic heterocycles. The van der Waals surface area contributed by atoms with Crippen molar-refractivity contribution in [2.75, 3.05) is 0 Å². The van der Waals surface area contributed by atoms with Crippen LogP contribution in [0.5, 0.6) is 0 Å². The fourth-order valence-electron chi connectivity index (χ4n) is 1.66. The van der Waals surface area contributed by atoms with Crippen LogP contribution < -0.4 is 10.6 Å². The van der Waals surface area contributed by atoms with Crippen molar-refractivity contribution >= 4 is 11.6 Å². The molecule has 2 N–H and O–H groups in total. The first-order valence-electron chi connectivity index (χ1n) is 5.87. The molecule has 1 rings (SSSR count). The Bertz CT molecular complexity index is 404. The Hall–Kier alpha value is -1.58. The van der Waals surface area contributed by atoms with Gasteiger partial charge in [0.05, 0.1) is 11.4 Å². The molecule has 1 aliphatic carbocycles. The number of Topliss-reactive ketones (excluding diaryl/α,β-unsaturated/α-hetero) is 1. The molecule has 0 bridgehead atoms. The molecule has 0 radical (unpaired) electrons. The molecule has 0 aromatic rings. The van der Waals surface area contributed by atoms with Gasteiger partial charge < -0.3 is 10.6 Å². The molecule has 0 fully saturated rings. The third-order valence-electron chi connectivity index (χ3n) is 2.36. The van der Waals surface area contributed by atoms with Crippen LogP contribution in [0.4, 0.5) is 0 Å². The number of carbonyl (C=O) groups excluding carboxylic acids is 2. The summed E-state index contributed by atoms with van der Waals surface area (Å²) in [7, 11) is 0. The molecule has 0 saturated heterocycles. The lowest BCUT2D eigenvalue weighted by Gasteiger charge is -2.21. The van der Waals surface area contributed by atoms with Crippen LogP contribution in [0.25, 0.3) is 0 Å². The molecule has 0 aromatic carbocycles. The van der Waals surface area contributed by atoms with E-state index in [1.807, 2.05) is 27.7 Å².